The van der Waals surface area contributed by atoms with E-state index in [-0.39, 0.29) is 18.4 Å². The number of amides is 1. The Morgan fingerprint density at radius 1 is 1.55 bits per heavy atom. The van der Waals surface area contributed by atoms with Gasteiger partial charge in [-0.15, -0.1) is 0 Å². The summed E-state index contributed by atoms with van der Waals surface area (Å²) < 4.78 is 0. The van der Waals surface area contributed by atoms with Gasteiger partial charge in [-0.2, -0.15) is 0 Å². The molecule has 0 unspecified atom stereocenters. The SMILES string of the molecule is O=C(O)CNC(=O)C1CNC1. The van der Waals surface area contributed by atoms with Crippen molar-refractivity contribution < 1.29 is 14.7 Å². The number of hydrogen-bond acceptors (Lipinski definition) is 3. The molecule has 0 bridgehead atoms. The van der Waals surface area contributed by atoms with Gasteiger partial charge < -0.3 is 15.7 Å². The molecule has 0 aromatic rings. The molecule has 0 aliphatic carbocycles. The van der Waals surface area contributed by atoms with Crippen LogP contribution in [0.4, 0.5) is 0 Å². The maximum atomic E-state index is 10.9. The lowest BCUT2D eigenvalue weighted by Gasteiger charge is -2.25. The Bertz CT molecular complexity index is 177. The number of carbonyl (C=O) groups is 2. The first kappa shape index (κ1) is 8.00. The Morgan fingerprint density at radius 3 is 2.55 bits per heavy atom. The highest BCUT2D eigenvalue weighted by Crippen LogP contribution is 2.01. The summed E-state index contributed by atoms with van der Waals surface area (Å²) >= 11 is 0. The highest BCUT2D eigenvalue weighted by Gasteiger charge is 2.24. The van der Waals surface area contributed by atoms with Crippen molar-refractivity contribution >= 4 is 11.9 Å². The van der Waals surface area contributed by atoms with Gasteiger partial charge in [0.2, 0.25) is 5.91 Å². The topological polar surface area (TPSA) is 78.4 Å². The van der Waals surface area contributed by atoms with Gasteiger partial charge in [0.25, 0.3) is 0 Å². The molecule has 1 aliphatic heterocycles. The zero-order chi connectivity index (χ0) is 8.27. The third kappa shape index (κ3) is 2.19. The van der Waals surface area contributed by atoms with Crippen molar-refractivity contribution in [2.24, 2.45) is 5.92 Å². The molecule has 0 saturated carbocycles. The van der Waals surface area contributed by atoms with Crippen LogP contribution in [0.25, 0.3) is 0 Å². The van der Waals surface area contributed by atoms with Crippen molar-refractivity contribution in [3.05, 3.63) is 0 Å². The first-order valence-corrected chi connectivity index (χ1v) is 3.40. The van der Waals surface area contributed by atoms with Gasteiger partial charge in [-0.1, -0.05) is 0 Å². The Hall–Kier alpha value is -1.10. The van der Waals surface area contributed by atoms with Crippen LogP contribution < -0.4 is 10.6 Å². The first-order valence-electron chi connectivity index (χ1n) is 3.40. The van der Waals surface area contributed by atoms with Crippen LogP contribution in [0.15, 0.2) is 0 Å². The molecule has 1 rings (SSSR count). The molecular formula is C6H10N2O3. The summed E-state index contributed by atoms with van der Waals surface area (Å²) in [4.78, 5) is 20.9. The maximum absolute atomic E-state index is 10.9. The van der Waals surface area contributed by atoms with Gasteiger partial charge in [-0.25, -0.2) is 0 Å². The molecule has 11 heavy (non-hydrogen) atoms. The van der Waals surface area contributed by atoms with Crippen molar-refractivity contribution in [3.8, 4) is 0 Å². The van der Waals surface area contributed by atoms with Crippen molar-refractivity contribution in [2.45, 2.75) is 0 Å². The number of carboxylic acids is 1. The van der Waals surface area contributed by atoms with Crippen molar-refractivity contribution in [2.75, 3.05) is 19.6 Å². The van der Waals surface area contributed by atoms with Crippen LogP contribution in [0.2, 0.25) is 0 Å². The Morgan fingerprint density at radius 2 is 2.18 bits per heavy atom. The second-order valence-electron chi connectivity index (χ2n) is 2.47. The molecule has 5 heteroatoms. The molecule has 62 valence electrons. The predicted octanol–water partition coefficient (Wildman–Crippen LogP) is -1.59. The standard InChI is InChI=1S/C6H10N2O3/c9-5(10)3-8-6(11)4-1-7-2-4/h4,7H,1-3H2,(H,8,11)(H,9,10). The second-order valence-corrected chi connectivity index (χ2v) is 2.47. The summed E-state index contributed by atoms with van der Waals surface area (Å²) in [6, 6.07) is 0. The molecular weight excluding hydrogens is 148 g/mol. The van der Waals surface area contributed by atoms with Gasteiger partial charge in [-0.3, -0.25) is 9.59 Å². The number of nitrogens with one attached hydrogen (secondary N) is 2. The van der Waals surface area contributed by atoms with Crippen LogP contribution in [0.5, 0.6) is 0 Å². The summed E-state index contributed by atoms with van der Waals surface area (Å²) in [7, 11) is 0. The van der Waals surface area contributed by atoms with E-state index in [0.717, 1.165) is 0 Å². The second kappa shape index (κ2) is 3.34. The Balaban J connectivity index is 2.15. The van der Waals surface area contributed by atoms with E-state index in [0.29, 0.717) is 13.1 Å². The molecule has 0 spiro atoms. The minimum absolute atomic E-state index is 0.0330. The number of rotatable bonds is 3. The molecule has 1 heterocycles. The number of carboxylic acid groups (broad SMARTS) is 1. The zero-order valence-corrected chi connectivity index (χ0v) is 5.96. The monoisotopic (exact) mass is 158 g/mol. The Kier molecular flexibility index (Phi) is 2.43. The highest BCUT2D eigenvalue weighted by molar-refractivity contribution is 5.83. The summed E-state index contributed by atoms with van der Waals surface area (Å²) in [6.07, 6.45) is 0. The molecule has 0 atom stereocenters. The smallest absolute Gasteiger partial charge is 0.322 e. The van der Waals surface area contributed by atoms with Crippen molar-refractivity contribution in [1.29, 1.82) is 0 Å². The number of hydrogen-bond donors (Lipinski definition) is 3. The van der Waals surface area contributed by atoms with Crippen LogP contribution in [-0.2, 0) is 9.59 Å². The molecule has 1 fully saturated rings. The first-order chi connectivity index (χ1) is 5.20. The molecule has 1 amide bonds. The molecule has 1 saturated heterocycles. The van der Waals surface area contributed by atoms with Crippen LogP contribution in [0.1, 0.15) is 0 Å². The van der Waals surface area contributed by atoms with E-state index in [4.69, 9.17) is 5.11 Å². The number of aliphatic carboxylic acids is 1. The van der Waals surface area contributed by atoms with E-state index in [2.05, 4.69) is 10.6 Å². The molecule has 0 aromatic heterocycles. The van der Waals surface area contributed by atoms with Crippen LogP contribution in [-0.4, -0.2) is 36.6 Å². The lowest BCUT2D eigenvalue weighted by Crippen LogP contribution is -2.51. The van der Waals surface area contributed by atoms with E-state index in [1.54, 1.807) is 0 Å². The largest absolute Gasteiger partial charge is 0.480 e. The van der Waals surface area contributed by atoms with E-state index >= 15 is 0 Å². The van der Waals surface area contributed by atoms with E-state index in [9.17, 15) is 9.59 Å². The average molecular weight is 158 g/mol. The average Bonchev–Trinajstić information content (AvgIpc) is 1.79. The molecule has 0 radical (unpaired) electrons. The third-order valence-electron chi connectivity index (χ3n) is 1.57. The number of carbonyl (C=O) groups excluding carboxylic acids is 1. The summed E-state index contributed by atoms with van der Waals surface area (Å²) in [6.45, 7) is 1.03. The minimum Gasteiger partial charge on any atom is -0.480 e. The summed E-state index contributed by atoms with van der Waals surface area (Å²) in [5, 5.41) is 13.4. The van der Waals surface area contributed by atoms with Crippen LogP contribution in [0.3, 0.4) is 0 Å². The van der Waals surface area contributed by atoms with Crippen LogP contribution in [0, 0.1) is 5.92 Å². The minimum atomic E-state index is -1.01. The normalized spacial score (nSPS) is 17.1. The molecule has 1 aliphatic rings. The fourth-order valence-electron chi connectivity index (χ4n) is 0.781. The highest BCUT2D eigenvalue weighted by atomic mass is 16.4. The van der Waals surface area contributed by atoms with Crippen molar-refractivity contribution in [1.82, 2.24) is 10.6 Å². The van der Waals surface area contributed by atoms with Crippen LogP contribution >= 0.6 is 0 Å². The fraction of sp³-hybridized carbons (Fsp3) is 0.667. The van der Waals surface area contributed by atoms with Gasteiger partial charge in [0.15, 0.2) is 0 Å². The molecule has 3 N–H and O–H groups in total. The lowest BCUT2D eigenvalue weighted by molar-refractivity contribution is -0.138. The fourth-order valence-corrected chi connectivity index (χ4v) is 0.781. The summed E-state index contributed by atoms with van der Waals surface area (Å²) in [5.74, 6) is -1.22. The molecule has 5 nitrogen and oxygen atoms in total. The Labute approximate surface area is 63.8 Å². The van der Waals surface area contributed by atoms with Gasteiger partial charge >= 0.3 is 5.97 Å². The zero-order valence-electron chi connectivity index (χ0n) is 5.96. The summed E-state index contributed by atoms with van der Waals surface area (Å²) in [5.41, 5.74) is 0. The quantitative estimate of drug-likeness (QED) is 0.462. The van der Waals surface area contributed by atoms with Gasteiger partial charge in [0.1, 0.15) is 6.54 Å². The lowest BCUT2D eigenvalue weighted by atomic mass is 10.0. The van der Waals surface area contributed by atoms with Gasteiger partial charge in [0, 0.05) is 13.1 Å². The van der Waals surface area contributed by atoms with Gasteiger partial charge in [-0.05, 0) is 0 Å². The maximum Gasteiger partial charge on any atom is 0.322 e. The third-order valence-corrected chi connectivity index (χ3v) is 1.57. The molecule has 0 aromatic carbocycles. The van der Waals surface area contributed by atoms with E-state index in [1.807, 2.05) is 0 Å². The van der Waals surface area contributed by atoms with E-state index in [1.165, 1.54) is 0 Å². The van der Waals surface area contributed by atoms with E-state index < -0.39 is 5.97 Å². The van der Waals surface area contributed by atoms with Crippen molar-refractivity contribution in [3.63, 3.8) is 0 Å². The van der Waals surface area contributed by atoms with Gasteiger partial charge in [0.05, 0.1) is 5.92 Å². The predicted molar refractivity (Wildman–Crippen MR) is 37.0 cm³/mol.